The molecule has 0 unspecified atom stereocenters. The third-order valence-electron chi connectivity index (χ3n) is 0.0556. The Balaban J connectivity index is 0.0000000900. The summed E-state index contributed by atoms with van der Waals surface area (Å²) >= 11 is 0.688. The van der Waals surface area contributed by atoms with Crippen LogP contribution in [-0.2, 0) is 39.8 Å². The molecule has 1 aliphatic heterocycles. The van der Waals surface area contributed by atoms with Crippen LogP contribution in [0.4, 0.5) is 0 Å². The molecule has 4 heteroatoms. The molecule has 1 saturated heterocycles. The van der Waals surface area contributed by atoms with Crippen molar-refractivity contribution in [3.05, 3.63) is 0 Å². The molecule has 0 N–H and O–H groups in total. The molecular weight excluding hydrogens is 150 g/mol. The molecule has 1 rings (SSSR count). The van der Waals surface area contributed by atoms with Crippen molar-refractivity contribution in [2.75, 3.05) is 0 Å². The van der Waals surface area contributed by atoms with Gasteiger partial charge in [-0.15, -0.1) is 0 Å². The third-order valence-corrected chi connectivity index (χ3v) is 0.229. The Labute approximate surface area is 40.3 Å². The van der Waals surface area contributed by atoms with Gasteiger partial charge in [0.15, 0.2) is 0 Å². The summed E-state index contributed by atoms with van der Waals surface area (Å²) < 4.78 is 7.94. The molecule has 0 bridgehead atoms. The van der Waals surface area contributed by atoms with Crippen LogP contribution in [-0.4, -0.2) is 0 Å². The van der Waals surface area contributed by atoms with Gasteiger partial charge in [0.25, 0.3) is 0 Å². The summed E-state index contributed by atoms with van der Waals surface area (Å²) in [5, 5.41) is 0. The second-order valence-electron chi connectivity index (χ2n) is 0.167. The van der Waals surface area contributed by atoms with Gasteiger partial charge in [0.05, 0.1) is 0 Å². The molecule has 31 valence electrons. The van der Waals surface area contributed by atoms with Crippen molar-refractivity contribution in [1.82, 2.24) is 0 Å². The van der Waals surface area contributed by atoms with Gasteiger partial charge in [-0.3, -0.25) is 0 Å². The molecule has 0 atom stereocenters. The number of hydrogen-bond acceptors (Lipinski definition) is 2. The molecule has 1 heterocycles. The van der Waals surface area contributed by atoms with Crippen LogP contribution < -0.4 is 0 Å². The standard InChI is InChI=1S/Co.Ni.O2/c;;1-2/q+2;;-2. The van der Waals surface area contributed by atoms with Crippen molar-refractivity contribution < 1.29 is 39.8 Å². The van der Waals surface area contributed by atoms with Gasteiger partial charge in [-0.05, 0) is 0 Å². The summed E-state index contributed by atoms with van der Waals surface area (Å²) in [7, 11) is 0. The normalized spacial score (nSPS) is 20.0. The zero-order valence-electron chi connectivity index (χ0n) is 1.47. The van der Waals surface area contributed by atoms with Gasteiger partial charge in [-0.1, -0.05) is 0 Å². The SMILES string of the molecule is [Ni].[O]1[O][Co]1. The van der Waals surface area contributed by atoms with E-state index in [9.17, 15) is 0 Å². The summed E-state index contributed by atoms with van der Waals surface area (Å²) in [5.74, 6) is 0. The Morgan fingerprint density at radius 1 is 1.25 bits per heavy atom. The number of hydrogen-bond donors (Lipinski definition) is 0. The quantitative estimate of drug-likeness (QED) is 0.272. The molecule has 1 fully saturated rings. The maximum absolute atomic E-state index is 3.97. The first-order chi connectivity index (χ1) is 1.50. The fourth-order valence-corrected chi connectivity index (χ4v) is 0. The maximum atomic E-state index is 3.97. The second-order valence-corrected chi connectivity index (χ2v) is 0.687. The number of rotatable bonds is 0. The Morgan fingerprint density at radius 3 is 1.50 bits per heavy atom. The summed E-state index contributed by atoms with van der Waals surface area (Å²) in [4.78, 5) is 0. The summed E-state index contributed by atoms with van der Waals surface area (Å²) in [5.41, 5.74) is 0. The minimum absolute atomic E-state index is 0. The third kappa shape index (κ3) is 2.92. The van der Waals surface area contributed by atoms with Crippen LogP contribution in [0.5, 0.6) is 0 Å². The van der Waals surface area contributed by atoms with Crippen molar-refractivity contribution in [2.45, 2.75) is 0 Å². The van der Waals surface area contributed by atoms with Crippen molar-refractivity contribution in [3.8, 4) is 0 Å². The molecule has 0 aromatic carbocycles. The van der Waals surface area contributed by atoms with Crippen LogP contribution >= 0.6 is 0 Å². The van der Waals surface area contributed by atoms with Gasteiger partial charge in [-0.25, -0.2) is 0 Å². The van der Waals surface area contributed by atoms with Crippen LogP contribution in [0.3, 0.4) is 0 Å². The van der Waals surface area contributed by atoms with E-state index in [2.05, 4.69) is 8.00 Å². The average molecular weight is 150 g/mol. The van der Waals surface area contributed by atoms with Crippen LogP contribution in [0.2, 0.25) is 0 Å². The Bertz CT molecular complexity index is 10.8. The van der Waals surface area contributed by atoms with E-state index in [1.807, 2.05) is 0 Å². The van der Waals surface area contributed by atoms with E-state index < -0.39 is 0 Å². The fourth-order valence-electron chi connectivity index (χ4n) is 0. The first-order valence-corrected chi connectivity index (χ1v) is 1.29. The molecule has 0 aromatic heterocycles. The van der Waals surface area contributed by atoms with Gasteiger partial charge in [-0.2, -0.15) is 0 Å². The van der Waals surface area contributed by atoms with Gasteiger partial charge in [0.1, 0.15) is 0 Å². The summed E-state index contributed by atoms with van der Waals surface area (Å²) in [6.45, 7) is 0. The van der Waals surface area contributed by atoms with E-state index in [1.165, 1.54) is 0 Å². The zero-order chi connectivity index (χ0) is 2.12. The molecule has 4 heavy (non-hydrogen) atoms. The van der Waals surface area contributed by atoms with E-state index in [4.69, 9.17) is 0 Å². The topological polar surface area (TPSA) is 25.1 Å². The molecule has 2 nitrogen and oxygen atoms in total. The Kier molecular flexibility index (Phi) is 2.68. The van der Waals surface area contributed by atoms with Gasteiger partial charge in [0, 0.05) is 16.5 Å². The molecule has 0 amide bonds. The molecule has 1 aliphatic rings. The molecule has 0 aromatic rings. The Morgan fingerprint density at radius 2 is 1.50 bits per heavy atom. The van der Waals surface area contributed by atoms with Gasteiger partial charge < -0.3 is 0 Å². The molecule has 0 aliphatic carbocycles. The van der Waals surface area contributed by atoms with E-state index in [-0.39, 0.29) is 16.5 Å². The fraction of sp³-hybridized carbons (Fsp3) is 0. The zero-order valence-corrected chi connectivity index (χ0v) is 3.49. The van der Waals surface area contributed by atoms with Gasteiger partial charge in [0.2, 0.25) is 0 Å². The van der Waals surface area contributed by atoms with Crippen molar-refractivity contribution in [1.29, 1.82) is 0 Å². The van der Waals surface area contributed by atoms with Crippen LogP contribution in [0.1, 0.15) is 0 Å². The van der Waals surface area contributed by atoms with E-state index in [0.717, 1.165) is 0 Å². The first kappa shape index (κ1) is 4.92. The molecule has 0 spiro atoms. The van der Waals surface area contributed by atoms with Gasteiger partial charge >= 0.3 is 23.3 Å². The Hall–Kier alpha value is 0.920. The first-order valence-electron chi connectivity index (χ1n) is 0.439. The minimum atomic E-state index is 0. The predicted molar refractivity (Wildman–Crippen MR) is 2.17 cm³/mol. The van der Waals surface area contributed by atoms with Crippen LogP contribution in [0.15, 0.2) is 0 Å². The van der Waals surface area contributed by atoms with Crippen molar-refractivity contribution in [2.24, 2.45) is 0 Å². The van der Waals surface area contributed by atoms with Crippen LogP contribution in [0.25, 0.3) is 0 Å². The van der Waals surface area contributed by atoms with E-state index >= 15 is 0 Å². The second kappa shape index (κ2) is 2.18. The van der Waals surface area contributed by atoms with E-state index in [1.54, 1.807) is 0 Å². The van der Waals surface area contributed by atoms with Crippen molar-refractivity contribution in [3.63, 3.8) is 0 Å². The average Bonchev–Trinajstić information content (AvgIpc) is 1.46. The monoisotopic (exact) mass is 149 g/mol. The van der Waals surface area contributed by atoms with Crippen molar-refractivity contribution >= 4 is 0 Å². The van der Waals surface area contributed by atoms with E-state index in [0.29, 0.717) is 15.3 Å². The van der Waals surface area contributed by atoms with Crippen LogP contribution in [0, 0.1) is 0 Å². The molecule has 0 saturated carbocycles. The summed E-state index contributed by atoms with van der Waals surface area (Å²) in [6, 6.07) is 0. The molecular formula is CoNiO2. The predicted octanol–water partition coefficient (Wildman–Crippen LogP) is -0.142. The molecule has 0 radical (unpaired) electrons. The summed E-state index contributed by atoms with van der Waals surface area (Å²) in [6.07, 6.45) is 0.